The van der Waals surface area contributed by atoms with E-state index in [0.717, 1.165) is 5.56 Å². The van der Waals surface area contributed by atoms with E-state index in [1.807, 2.05) is 30.3 Å². The van der Waals surface area contributed by atoms with Crippen molar-refractivity contribution in [1.29, 1.82) is 0 Å². The minimum Gasteiger partial charge on any atom is -0.444 e. The van der Waals surface area contributed by atoms with Crippen LogP contribution in [-0.4, -0.2) is 49.5 Å². The third kappa shape index (κ3) is 9.68. The molecule has 8 heteroatoms. The van der Waals surface area contributed by atoms with E-state index in [9.17, 15) is 9.59 Å². The zero-order chi connectivity index (χ0) is 21.2. The molecule has 0 bridgehead atoms. The summed E-state index contributed by atoms with van der Waals surface area (Å²) in [5, 5.41) is 5.38. The second-order valence-corrected chi connectivity index (χ2v) is 7.87. The Morgan fingerprint density at radius 1 is 1.04 bits per heavy atom. The van der Waals surface area contributed by atoms with Gasteiger partial charge >= 0.3 is 6.09 Å². The van der Waals surface area contributed by atoms with Crippen molar-refractivity contribution < 1.29 is 28.8 Å². The first-order valence-corrected chi connectivity index (χ1v) is 9.13. The summed E-state index contributed by atoms with van der Waals surface area (Å²) in [4.78, 5) is 34.2. The Morgan fingerprint density at radius 3 is 2.25 bits per heavy atom. The summed E-state index contributed by atoms with van der Waals surface area (Å²) >= 11 is 0. The van der Waals surface area contributed by atoms with Crippen molar-refractivity contribution in [3.05, 3.63) is 35.9 Å². The zero-order valence-electron chi connectivity index (χ0n) is 17.5. The van der Waals surface area contributed by atoms with E-state index in [2.05, 4.69) is 15.5 Å². The van der Waals surface area contributed by atoms with Crippen LogP contribution in [0.1, 0.15) is 40.2 Å². The summed E-state index contributed by atoms with van der Waals surface area (Å²) in [6.45, 7) is 9.15. The fourth-order valence-corrected chi connectivity index (χ4v) is 2.16. The fraction of sp³-hybridized carbons (Fsp3) is 0.600. The van der Waals surface area contributed by atoms with Gasteiger partial charge in [0, 0.05) is 0 Å². The van der Waals surface area contributed by atoms with E-state index in [1.54, 1.807) is 34.6 Å². The van der Waals surface area contributed by atoms with E-state index >= 15 is 0 Å². The predicted molar refractivity (Wildman–Crippen MR) is 104 cm³/mol. The van der Waals surface area contributed by atoms with Crippen LogP contribution in [0, 0.1) is 0 Å². The van der Waals surface area contributed by atoms with E-state index in [-0.39, 0.29) is 13.2 Å². The van der Waals surface area contributed by atoms with Gasteiger partial charge in [0.05, 0.1) is 26.4 Å². The lowest BCUT2D eigenvalue weighted by molar-refractivity contribution is -0.277. The molecule has 1 aromatic rings. The van der Waals surface area contributed by atoms with Gasteiger partial charge in [-0.2, -0.15) is 0 Å². The fourth-order valence-electron chi connectivity index (χ4n) is 2.16. The Bertz CT molecular complexity index is 613. The normalized spacial score (nSPS) is 12.9. The Balaban J connectivity index is 2.59. The highest BCUT2D eigenvalue weighted by molar-refractivity contribution is 5.89. The SMILES string of the molecule is COOCC(COCc1ccccc1)NC(=O)C(C)(C)NC(=O)OC(C)(C)C. The molecule has 8 nitrogen and oxygen atoms in total. The van der Waals surface area contributed by atoms with Gasteiger partial charge in [-0.05, 0) is 40.2 Å². The van der Waals surface area contributed by atoms with Crippen LogP contribution in [0.15, 0.2) is 30.3 Å². The molecule has 0 aliphatic rings. The van der Waals surface area contributed by atoms with Crippen LogP contribution in [0.5, 0.6) is 0 Å². The molecule has 0 spiro atoms. The van der Waals surface area contributed by atoms with Gasteiger partial charge < -0.3 is 20.1 Å². The molecule has 2 amide bonds. The number of carbonyl (C=O) groups is 2. The van der Waals surface area contributed by atoms with Crippen LogP contribution < -0.4 is 10.6 Å². The topological polar surface area (TPSA) is 95.1 Å². The average Bonchev–Trinajstić information content (AvgIpc) is 2.58. The number of nitrogens with one attached hydrogen (secondary N) is 2. The molecule has 0 heterocycles. The van der Waals surface area contributed by atoms with E-state index in [1.165, 1.54) is 7.11 Å². The van der Waals surface area contributed by atoms with Crippen molar-refractivity contribution in [3.8, 4) is 0 Å². The molecule has 1 aromatic carbocycles. The van der Waals surface area contributed by atoms with Gasteiger partial charge in [0.15, 0.2) is 0 Å². The molecule has 2 N–H and O–H groups in total. The number of rotatable bonds is 10. The molecule has 0 saturated heterocycles. The maximum absolute atomic E-state index is 12.6. The van der Waals surface area contributed by atoms with Gasteiger partial charge in [0.25, 0.3) is 0 Å². The van der Waals surface area contributed by atoms with Gasteiger partial charge in [-0.15, -0.1) is 0 Å². The average molecular weight is 396 g/mol. The Kier molecular flexibility index (Phi) is 9.37. The molecule has 158 valence electrons. The van der Waals surface area contributed by atoms with Gasteiger partial charge in [-0.25, -0.2) is 14.6 Å². The standard InChI is InChI=1S/C20H32N2O6/c1-19(2,3)28-18(24)22-20(4,5)17(23)21-16(14-27-25-6)13-26-12-15-10-8-7-9-11-15/h7-11,16H,12-14H2,1-6H3,(H,21,23)(H,22,24). The lowest BCUT2D eigenvalue weighted by Crippen LogP contribution is -2.58. The number of hydrogen-bond acceptors (Lipinski definition) is 6. The maximum Gasteiger partial charge on any atom is 0.408 e. The lowest BCUT2D eigenvalue weighted by Gasteiger charge is -2.29. The molecular formula is C20H32N2O6. The largest absolute Gasteiger partial charge is 0.444 e. The first-order chi connectivity index (χ1) is 13.0. The minimum absolute atomic E-state index is 0.0968. The Morgan fingerprint density at radius 2 is 1.68 bits per heavy atom. The summed E-state index contributed by atoms with van der Waals surface area (Å²) in [7, 11) is 1.39. The lowest BCUT2D eigenvalue weighted by atomic mass is 10.0. The maximum atomic E-state index is 12.6. The van der Waals surface area contributed by atoms with Crippen LogP contribution in [0.4, 0.5) is 4.79 Å². The quantitative estimate of drug-likeness (QED) is 0.466. The summed E-state index contributed by atoms with van der Waals surface area (Å²) in [5.74, 6) is -0.397. The molecule has 0 saturated carbocycles. The van der Waals surface area contributed by atoms with E-state index in [4.69, 9.17) is 14.4 Å². The summed E-state index contributed by atoms with van der Waals surface area (Å²) in [6, 6.07) is 9.22. The molecule has 0 aromatic heterocycles. The molecule has 0 fully saturated rings. The molecule has 0 aliphatic heterocycles. The predicted octanol–water partition coefficient (Wildman–Crippen LogP) is 2.57. The van der Waals surface area contributed by atoms with Crippen molar-refractivity contribution in [1.82, 2.24) is 10.6 Å². The summed E-state index contributed by atoms with van der Waals surface area (Å²) in [5.41, 5.74) is -0.823. The second kappa shape index (κ2) is 11.0. The van der Waals surface area contributed by atoms with Crippen LogP contribution in [-0.2, 0) is 30.7 Å². The third-order valence-corrected chi connectivity index (χ3v) is 3.53. The first kappa shape index (κ1) is 23.9. The minimum atomic E-state index is -1.19. The number of carbonyl (C=O) groups excluding carboxylic acids is 2. The van der Waals surface area contributed by atoms with Crippen LogP contribution in [0.2, 0.25) is 0 Å². The molecule has 1 rings (SSSR count). The van der Waals surface area contributed by atoms with Crippen LogP contribution >= 0.6 is 0 Å². The van der Waals surface area contributed by atoms with Crippen molar-refractivity contribution in [2.24, 2.45) is 0 Å². The van der Waals surface area contributed by atoms with Crippen LogP contribution in [0.25, 0.3) is 0 Å². The van der Waals surface area contributed by atoms with Gasteiger partial charge in [-0.1, -0.05) is 30.3 Å². The molecule has 28 heavy (non-hydrogen) atoms. The van der Waals surface area contributed by atoms with Crippen molar-refractivity contribution in [3.63, 3.8) is 0 Å². The molecule has 0 aliphatic carbocycles. The van der Waals surface area contributed by atoms with Crippen molar-refractivity contribution in [2.45, 2.75) is 58.4 Å². The zero-order valence-corrected chi connectivity index (χ0v) is 17.5. The van der Waals surface area contributed by atoms with Gasteiger partial charge in [0.1, 0.15) is 17.7 Å². The highest BCUT2D eigenvalue weighted by Crippen LogP contribution is 2.10. The summed E-state index contributed by atoms with van der Waals surface area (Å²) < 4.78 is 10.9. The molecule has 1 atom stereocenters. The Labute approximate surface area is 166 Å². The molecule has 1 unspecified atom stereocenters. The van der Waals surface area contributed by atoms with Gasteiger partial charge in [0.2, 0.25) is 5.91 Å². The Hall–Kier alpha value is -2.16. The smallest absolute Gasteiger partial charge is 0.408 e. The third-order valence-electron chi connectivity index (χ3n) is 3.53. The van der Waals surface area contributed by atoms with E-state index in [0.29, 0.717) is 6.61 Å². The highest BCUT2D eigenvalue weighted by Gasteiger charge is 2.33. The second-order valence-electron chi connectivity index (χ2n) is 7.87. The van der Waals surface area contributed by atoms with E-state index < -0.39 is 29.2 Å². The first-order valence-electron chi connectivity index (χ1n) is 9.13. The number of hydrogen-bond donors (Lipinski definition) is 2. The number of amides is 2. The monoisotopic (exact) mass is 396 g/mol. The molecule has 0 radical (unpaired) electrons. The van der Waals surface area contributed by atoms with Crippen LogP contribution in [0.3, 0.4) is 0 Å². The molecular weight excluding hydrogens is 364 g/mol. The number of alkyl carbamates (subject to hydrolysis) is 1. The van der Waals surface area contributed by atoms with Crippen molar-refractivity contribution >= 4 is 12.0 Å². The number of benzene rings is 1. The van der Waals surface area contributed by atoms with Crippen molar-refractivity contribution in [2.75, 3.05) is 20.3 Å². The summed E-state index contributed by atoms with van der Waals surface area (Å²) in [6.07, 6.45) is -0.669. The van der Waals surface area contributed by atoms with Gasteiger partial charge in [-0.3, -0.25) is 4.79 Å². The number of ether oxygens (including phenoxy) is 2. The highest BCUT2D eigenvalue weighted by atomic mass is 17.2.